The summed E-state index contributed by atoms with van der Waals surface area (Å²) >= 11 is 0. The van der Waals surface area contributed by atoms with Gasteiger partial charge in [0.25, 0.3) is 0 Å². The van der Waals surface area contributed by atoms with Gasteiger partial charge in [0.15, 0.2) is 0 Å². The zero-order chi connectivity index (χ0) is 23.4. The summed E-state index contributed by atoms with van der Waals surface area (Å²) in [5.41, 5.74) is 7.88. The number of para-hydroxylation sites is 2. The van der Waals surface area contributed by atoms with Crippen molar-refractivity contribution in [3.05, 3.63) is 78.4 Å². The van der Waals surface area contributed by atoms with Crippen LogP contribution in [0.4, 0.5) is 5.69 Å². The predicted octanol–water partition coefficient (Wildman–Crippen LogP) is 3.79. The average molecular weight is 446 g/mol. The third kappa shape index (κ3) is 4.64. The minimum atomic E-state index is -1.15. The number of anilines is 1. The van der Waals surface area contributed by atoms with Crippen LogP contribution in [0.15, 0.2) is 72.8 Å². The first-order valence-electron chi connectivity index (χ1n) is 10.3. The predicted molar refractivity (Wildman–Crippen MR) is 123 cm³/mol. The van der Waals surface area contributed by atoms with Gasteiger partial charge in [0.1, 0.15) is 19.3 Å². The van der Waals surface area contributed by atoms with Gasteiger partial charge in [0.2, 0.25) is 0 Å². The van der Waals surface area contributed by atoms with E-state index in [-0.39, 0.29) is 19.6 Å². The molecule has 0 aliphatic carbocycles. The van der Waals surface area contributed by atoms with Gasteiger partial charge in [-0.25, -0.2) is 9.59 Å². The number of fused-ring (bicyclic) bond motifs is 3. The standard InChI is InChI=1S/C25H22N2O6/c26-17-11-9-16(10-12-17)25(31)33-14-13-32-23(28)15-22(24(29)30)27-20-7-3-1-5-18(20)19-6-2-4-8-21(19)27/h1-12,22H,13-15,26H2,(H,29,30). The van der Waals surface area contributed by atoms with E-state index in [9.17, 15) is 19.5 Å². The second-order valence-electron chi connectivity index (χ2n) is 7.44. The third-order valence-corrected chi connectivity index (χ3v) is 5.30. The van der Waals surface area contributed by atoms with E-state index in [1.807, 2.05) is 48.5 Å². The van der Waals surface area contributed by atoms with E-state index in [1.165, 1.54) is 12.1 Å². The summed E-state index contributed by atoms with van der Waals surface area (Å²) in [5.74, 6) is -2.42. The van der Waals surface area contributed by atoms with E-state index in [0.29, 0.717) is 11.3 Å². The van der Waals surface area contributed by atoms with Gasteiger partial charge in [0.05, 0.1) is 12.0 Å². The van der Waals surface area contributed by atoms with E-state index >= 15 is 0 Å². The van der Waals surface area contributed by atoms with Crippen LogP contribution in [-0.2, 0) is 19.1 Å². The van der Waals surface area contributed by atoms with Crippen molar-refractivity contribution in [2.75, 3.05) is 18.9 Å². The second-order valence-corrected chi connectivity index (χ2v) is 7.44. The van der Waals surface area contributed by atoms with Gasteiger partial charge in [-0.05, 0) is 36.4 Å². The second kappa shape index (κ2) is 9.44. The molecule has 0 bridgehead atoms. The molecule has 0 aliphatic rings. The number of hydrogen-bond acceptors (Lipinski definition) is 6. The molecular formula is C25H22N2O6. The Kier molecular flexibility index (Phi) is 6.26. The number of carbonyl (C=O) groups excluding carboxylic acids is 2. The Balaban J connectivity index is 1.43. The molecule has 4 rings (SSSR count). The maximum Gasteiger partial charge on any atom is 0.338 e. The molecule has 1 unspecified atom stereocenters. The molecule has 0 fully saturated rings. The number of ether oxygens (including phenoxy) is 2. The normalized spacial score (nSPS) is 11.9. The van der Waals surface area contributed by atoms with Gasteiger partial charge in [-0.3, -0.25) is 4.79 Å². The average Bonchev–Trinajstić information content (AvgIpc) is 3.15. The molecule has 1 aromatic heterocycles. The first-order chi connectivity index (χ1) is 16.0. The van der Waals surface area contributed by atoms with Crippen LogP contribution in [0.3, 0.4) is 0 Å². The molecule has 0 radical (unpaired) electrons. The van der Waals surface area contributed by atoms with Gasteiger partial charge in [0, 0.05) is 27.5 Å². The maximum absolute atomic E-state index is 12.4. The molecule has 8 nitrogen and oxygen atoms in total. The first-order valence-corrected chi connectivity index (χ1v) is 10.3. The fourth-order valence-electron chi connectivity index (χ4n) is 3.79. The van der Waals surface area contributed by atoms with Crippen LogP contribution in [0, 0.1) is 0 Å². The van der Waals surface area contributed by atoms with E-state index < -0.39 is 23.9 Å². The highest BCUT2D eigenvalue weighted by molar-refractivity contribution is 6.09. The van der Waals surface area contributed by atoms with Crippen LogP contribution in [0.5, 0.6) is 0 Å². The van der Waals surface area contributed by atoms with E-state index in [1.54, 1.807) is 16.7 Å². The maximum atomic E-state index is 12.4. The molecule has 1 heterocycles. The Morgan fingerprint density at radius 3 is 1.94 bits per heavy atom. The van der Waals surface area contributed by atoms with Crippen molar-refractivity contribution in [2.24, 2.45) is 0 Å². The minimum absolute atomic E-state index is 0.151. The topological polar surface area (TPSA) is 121 Å². The van der Waals surface area contributed by atoms with Crippen LogP contribution in [-0.4, -0.2) is 40.8 Å². The van der Waals surface area contributed by atoms with Crippen LogP contribution < -0.4 is 5.73 Å². The number of nitrogens with two attached hydrogens (primary N) is 1. The van der Waals surface area contributed by atoms with Crippen molar-refractivity contribution in [1.29, 1.82) is 0 Å². The number of carboxylic acids is 1. The quantitative estimate of drug-likeness (QED) is 0.240. The number of rotatable bonds is 8. The zero-order valence-electron chi connectivity index (χ0n) is 17.6. The van der Waals surface area contributed by atoms with Crippen molar-refractivity contribution in [3.63, 3.8) is 0 Å². The van der Waals surface area contributed by atoms with Crippen molar-refractivity contribution in [2.45, 2.75) is 12.5 Å². The molecule has 8 heteroatoms. The van der Waals surface area contributed by atoms with Crippen molar-refractivity contribution in [1.82, 2.24) is 4.57 Å². The monoisotopic (exact) mass is 446 g/mol. The molecule has 33 heavy (non-hydrogen) atoms. The van der Waals surface area contributed by atoms with Crippen molar-refractivity contribution in [3.8, 4) is 0 Å². The Bertz CT molecular complexity index is 1270. The van der Waals surface area contributed by atoms with Crippen molar-refractivity contribution < 1.29 is 29.0 Å². The molecule has 4 aromatic rings. The molecular weight excluding hydrogens is 424 g/mol. The largest absolute Gasteiger partial charge is 0.480 e. The van der Waals surface area contributed by atoms with Crippen LogP contribution >= 0.6 is 0 Å². The number of carbonyl (C=O) groups is 3. The molecule has 0 saturated heterocycles. The number of aliphatic carboxylic acids is 1. The van der Waals surface area contributed by atoms with E-state index in [4.69, 9.17) is 15.2 Å². The molecule has 0 saturated carbocycles. The highest BCUT2D eigenvalue weighted by atomic mass is 16.6. The van der Waals surface area contributed by atoms with Crippen LogP contribution in [0.1, 0.15) is 22.8 Å². The lowest BCUT2D eigenvalue weighted by molar-refractivity contribution is -0.151. The summed E-state index contributed by atoms with van der Waals surface area (Å²) in [6, 6.07) is 20.0. The van der Waals surface area contributed by atoms with Gasteiger partial charge in [-0.2, -0.15) is 0 Å². The third-order valence-electron chi connectivity index (χ3n) is 5.30. The molecule has 1 atom stereocenters. The number of aromatic nitrogens is 1. The lowest BCUT2D eigenvalue weighted by atomic mass is 10.2. The zero-order valence-corrected chi connectivity index (χ0v) is 17.6. The highest BCUT2D eigenvalue weighted by Crippen LogP contribution is 2.33. The van der Waals surface area contributed by atoms with Gasteiger partial charge >= 0.3 is 17.9 Å². The molecule has 3 N–H and O–H groups in total. The number of hydrogen-bond donors (Lipinski definition) is 2. The van der Waals surface area contributed by atoms with Crippen molar-refractivity contribution >= 4 is 45.4 Å². The summed E-state index contributed by atoms with van der Waals surface area (Å²) in [7, 11) is 0. The SMILES string of the molecule is Nc1ccc(C(=O)OCCOC(=O)CC(C(=O)O)n2c3ccccc3c3ccccc32)cc1. The summed E-state index contributed by atoms with van der Waals surface area (Å²) in [6.07, 6.45) is -0.371. The Morgan fingerprint density at radius 1 is 0.818 bits per heavy atom. The minimum Gasteiger partial charge on any atom is -0.480 e. The molecule has 168 valence electrons. The fourth-order valence-corrected chi connectivity index (χ4v) is 3.79. The van der Waals surface area contributed by atoms with E-state index in [2.05, 4.69) is 0 Å². The number of benzene rings is 3. The summed E-state index contributed by atoms with van der Waals surface area (Å²) in [4.78, 5) is 36.5. The van der Waals surface area contributed by atoms with E-state index in [0.717, 1.165) is 21.8 Å². The lowest BCUT2D eigenvalue weighted by Crippen LogP contribution is -2.24. The van der Waals surface area contributed by atoms with Crippen LogP contribution in [0.2, 0.25) is 0 Å². The highest BCUT2D eigenvalue weighted by Gasteiger charge is 2.27. The summed E-state index contributed by atoms with van der Waals surface area (Å²) < 4.78 is 11.9. The number of carboxylic acid groups (broad SMARTS) is 1. The summed E-state index contributed by atoms with van der Waals surface area (Å²) in [6.45, 7) is -0.332. The van der Waals surface area contributed by atoms with Gasteiger partial charge < -0.3 is 24.9 Å². The Morgan fingerprint density at radius 2 is 1.36 bits per heavy atom. The number of nitrogens with zero attached hydrogens (tertiary/aromatic N) is 1. The molecule has 0 aliphatic heterocycles. The first kappa shape index (κ1) is 21.9. The Hall–Kier alpha value is -4.33. The number of esters is 2. The smallest absolute Gasteiger partial charge is 0.338 e. The molecule has 3 aromatic carbocycles. The number of nitrogen functional groups attached to an aromatic ring is 1. The molecule has 0 amide bonds. The summed E-state index contributed by atoms with van der Waals surface area (Å²) in [5, 5.41) is 11.7. The Labute approximate surface area is 189 Å². The fraction of sp³-hybridized carbons (Fsp3) is 0.160. The van der Waals surface area contributed by atoms with Gasteiger partial charge in [-0.15, -0.1) is 0 Å². The molecule has 0 spiro atoms. The van der Waals surface area contributed by atoms with Gasteiger partial charge in [-0.1, -0.05) is 36.4 Å². The van der Waals surface area contributed by atoms with Crippen LogP contribution in [0.25, 0.3) is 21.8 Å². The lowest BCUT2D eigenvalue weighted by Gasteiger charge is -2.17.